The highest BCUT2D eigenvalue weighted by molar-refractivity contribution is 7.16. The number of nitrogens with zero attached hydrogens (tertiary/aromatic N) is 3. The van der Waals surface area contributed by atoms with Crippen LogP contribution in [0.1, 0.15) is 76.5 Å². The number of aromatic nitrogens is 1. The van der Waals surface area contributed by atoms with Gasteiger partial charge in [-0.3, -0.25) is 15.0 Å². The molecule has 1 aliphatic rings. The third kappa shape index (κ3) is 9.76. The average molecular weight is 636 g/mol. The van der Waals surface area contributed by atoms with Crippen molar-refractivity contribution in [2.24, 2.45) is 0 Å². The summed E-state index contributed by atoms with van der Waals surface area (Å²) in [7, 11) is 0. The van der Waals surface area contributed by atoms with Crippen molar-refractivity contribution >= 4 is 34.0 Å². The Balaban J connectivity index is 1.40. The van der Waals surface area contributed by atoms with E-state index in [0.717, 1.165) is 61.7 Å². The first-order chi connectivity index (χ1) is 21.3. The van der Waals surface area contributed by atoms with Crippen LogP contribution in [0.5, 0.6) is 5.88 Å². The van der Waals surface area contributed by atoms with Gasteiger partial charge in [-0.05, 0) is 68.9 Å². The second kappa shape index (κ2) is 15.2. The minimum absolute atomic E-state index is 0.0783. The van der Waals surface area contributed by atoms with Crippen molar-refractivity contribution in [1.82, 2.24) is 14.8 Å². The molecule has 1 aromatic carbocycles. The molecule has 0 bridgehead atoms. The van der Waals surface area contributed by atoms with Gasteiger partial charge in [0.25, 0.3) is 5.91 Å². The van der Waals surface area contributed by atoms with Crippen LogP contribution in [0, 0.1) is 0 Å². The lowest BCUT2D eigenvalue weighted by Gasteiger charge is -2.35. The summed E-state index contributed by atoms with van der Waals surface area (Å²) in [6.45, 7) is 20.3. The average Bonchev–Trinajstić information content (AvgIpc) is 3.42. The summed E-state index contributed by atoms with van der Waals surface area (Å²) in [6, 6.07) is 13.0. The second-order valence-electron chi connectivity index (χ2n) is 13.4. The Morgan fingerprint density at radius 2 is 1.78 bits per heavy atom. The van der Waals surface area contributed by atoms with Gasteiger partial charge in [0.05, 0.1) is 25.4 Å². The van der Waals surface area contributed by atoms with Crippen LogP contribution in [0.2, 0.25) is 0 Å². The minimum atomic E-state index is -0.403. The quantitative estimate of drug-likeness (QED) is 0.212. The summed E-state index contributed by atoms with van der Waals surface area (Å²) in [5.41, 5.74) is 2.47. The van der Waals surface area contributed by atoms with Gasteiger partial charge in [-0.15, -0.1) is 11.3 Å². The molecule has 9 nitrogen and oxygen atoms in total. The van der Waals surface area contributed by atoms with Gasteiger partial charge in [-0.1, -0.05) is 39.8 Å². The number of amides is 3. The van der Waals surface area contributed by atoms with E-state index in [0.29, 0.717) is 35.3 Å². The molecular weight excluding hydrogens is 586 g/mol. The van der Waals surface area contributed by atoms with Gasteiger partial charge in [-0.25, -0.2) is 9.78 Å². The molecule has 1 aliphatic heterocycles. The highest BCUT2D eigenvalue weighted by Gasteiger charge is 2.31. The normalized spacial score (nSPS) is 14.2. The Labute approximate surface area is 272 Å². The van der Waals surface area contributed by atoms with Gasteiger partial charge in [0.15, 0.2) is 0 Å². The maximum Gasteiger partial charge on any atom is 0.324 e. The van der Waals surface area contributed by atoms with Crippen molar-refractivity contribution < 1.29 is 19.1 Å². The fraction of sp³-hybridized carbons (Fsp3) is 0.514. The van der Waals surface area contributed by atoms with Crippen molar-refractivity contribution in [3.63, 3.8) is 0 Å². The summed E-state index contributed by atoms with van der Waals surface area (Å²) in [5.74, 6) is 0.514. The second-order valence-corrected chi connectivity index (χ2v) is 14.5. The van der Waals surface area contributed by atoms with Gasteiger partial charge in [-0.2, -0.15) is 0 Å². The summed E-state index contributed by atoms with van der Waals surface area (Å²) in [5, 5.41) is 6.47. The van der Waals surface area contributed by atoms with Crippen molar-refractivity contribution in [3.05, 3.63) is 59.1 Å². The van der Waals surface area contributed by atoms with Crippen molar-refractivity contribution in [2.75, 3.05) is 56.6 Å². The van der Waals surface area contributed by atoms with E-state index in [4.69, 9.17) is 9.47 Å². The number of thiophene rings is 1. The Hall–Kier alpha value is -3.47. The molecule has 244 valence electrons. The maximum absolute atomic E-state index is 13.8. The number of hydrogen-bond acceptors (Lipinski definition) is 7. The number of pyridine rings is 1. The lowest BCUT2D eigenvalue weighted by atomic mass is 9.94. The van der Waals surface area contributed by atoms with E-state index < -0.39 is 6.03 Å². The maximum atomic E-state index is 13.8. The molecule has 2 N–H and O–H groups in total. The molecule has 45 heavy (non-hydrogen) atoms. The van der Waals surface area contributed by atoms with Crippen LogP contribution in [0.25, 0.3) is 11.1 Å². The van der Waals surface area contributed by atoms with Crippen molar-refractivity contribution in [2.45, 2.75) is 72.3 Å². The smallest absolute Gasteiger partial charge is 0.324 e. The zero-order valence-corrected chi connectivity index (χ0v) is 28.7. The minimum Gasteiger partial charge on any atom is -0.478 e. The molecule has 2 aromatic heterocycles. The Morgan fingerprint density at radius 1 is 1.02 bits per heavy atom. The summed E-state index contributed by atoms with van der Waals surface area (Å²) in [6.07, 6.45) is 3.57. The number of morpholine rings is 1. The molecule has 3 heterocycles. The molecule has 4 rings (SSSR count). The number of nitrogens with one attached hydrogen (secondary N) is 2. The standard InChI is InChI=1S/C35H49N5O4S/c1-8-15-40(35(5,6)7)32(41)28-23-29(34(2,3)4)45-31(28)38-33(42)37-27-12-9-11-25(22-27)26-13-14-30(36-24-26)44-19-10-16-39-17-20-43-21-18-39/h9,11-14,22-24H,8,10,15-21H2,1-7H3,(H2,37,38,42). The zero-order chi connectivity index (χ0) is 32.6. The van der Waals surface area contributed by atoms with Crippen LogP contribution < -0.4 is 15.4 Å². The highest BCUT2D eigenvalue weighted by atomic mass is 32.1. The molecule has 0 aliphatic carbocycles. The molecule has 0 saturated carbocycles. The third-order valence-electron chi connectivity index (χ3n) is 7.59. The van der Waals surface area contributed by atoms with Gasteiger partial charge < -0.3 is 19.7 Å². The summed E-state index contributed by atoms with van der Waals surface area (Å²) in [4.78, 5) is 36.8. The summed E-state index contributed by atoms with van der Waals surface area (Å²) >= 11 is 1.45. The third-order valence-corrected chi connectivity index (χ3v) is 9.07. The van der Waals surface area contributed by atoms with Gasteiger partial charge >= 0.3 is 6.03 Å². The number of carbonyl (C=O) groups is 2. The monoisotopic (exact) mass is 635 g/mol. The van der Waals surface area contributed by atoms with Crippen molar-refractivity contribution in [1.29, 1.82) is 0 Å². The van der Waals surface area contributed by atoms with Crippen LogP contribution in [-0.2, 0) is 10.2 Å². The van der Waals surface area contributed by atoms with Gasteiger partial charge in [0.2, 0.25) is 5.88 Å². The van der Waals surface area contributed by atoms with E-state index in [-0.39, 0.29) is 16.9 Å². The Bertz CT molecular complexity index is 1420. The first kappa shape index (κ1) is 34.4. The first-order valence-electron chi connectivity index (χ1n) is 15.9. The van der Waals surface area contributed by atoms with Crippen LogP contribution >= 0.6 is 11.3 Å². The Morgan fingerprint density at radius 3 is 2.42 bits per heavy atom. The molecule has 1 saturated heterocycles. The number of urea groups is 1. The predicted octanol–water partition coefficient (Wildman–Crippen LogP) is 7.50. The van der Waals surface area contributed by atoms with Crippen LogP contribution in [0.3, 0.4) is 0 Å². The van der Waals surface area contributed by atoms with Crippen LogP contribution in [0.4, 0.5) is 15.5 Å². The van der Waals surface area contributed by atoms with Crippen LogP contribution in [-0.4, -0.2) is 78.3 Å². The molecule has 0 unspecified atom stereocenters. The van der Waals surface area contributed by atoms with E-state index in [1.165, 1.54) is 11.3 Å². The fourth-order valence-electron chi connectivity index (χ4n) is 5.09. The molecule has 3 amide bonds. The molecule has 0 radical (unpaired) electrons. The lowest BCUT2D eigenvalue weighted by molar-refractivity contribution is 0.0357. The van der Waals surface area contributed by atoms with Gasteiger partial charge in [0.1, 0.15) is 5.00 Å². The largest absolute Gasteiger partial charge is 0.478 e. The molecule has 0 atom stereocenters. The topological polar surface area (TPSA) is 96.0 Å². The molecule has 3 aromatic rings. The summed E-state index contributed by atoms with van der Waals surface area (Å²) < 4.78 is 11.3. The number of rotatable bonds is 11. The molecule has 1 fully saturated rings. The molecule has 0 spiro atoms. The number of ether oxygens (including phenoxy) is 2. The highest BCUT2D eigenvalue weighted by Crippen LogP contribution is 2.37. The number of hydrogen-bond donors (Lipinski definition) is 2. The van der Waals surface area contributed by atoms with Gasteiger partial charge in [0, 0.05) is 60.1 Å². The number of anilines is 2. The number of benzene rings is 1. The zero-order valence-electron chi connectivity index (χ0n) is 27.9. The predicted molar refractivity (Wildman–Crippen MR) is 184 cm³/mol. The van der Waals surface area contributed by atoms with E-state index in [9.17, 15) is 9.59 Å². The first-order valence-corrected chi connectivity index (χ1v) is 16.7. The van der Waals surface area contributed by atoms with E-state index in [1.54, 1.807) is 6.20 Å². The fourth-order valence-corrected chi connectivity index (χ4v) is 6.19. The van der Waals surface area contributed by atoms with Crippen LogP contribution in [0.15, 0.2) is 48.7 Å². The SMILES string of the molecule is CCCN(C(=O)c1cc(C(C)(C)C)sc1NC(=O)Nc1cccc(-c2ccc(OCCCN3CCOCC3)nc2)c1)C(C)(C)C. The lowest BCUT2D eigenvalue weighted by Crippen LogP contribution is -2.46. The van der Waals surface area contributed by atoms with E-state index in [2.05, 4.69) is 48.2 Å². The number of carbonyl (C=O) groups excluding carboxylic acids is 2. The molecular formula is C35H49N5O4S. The van der Waals surface area contributed by atoms with E-state index in [1.807, 2.05) is 68.1 Å². The molecule has 10 heteroatoms. The van der Waals surface area contributed by atoms with E-state index >= 15 is 0 Å². The Kier molecular flexibility index (Phi) is 11.6. The van der Waals surface area contributed by atoms with Crippen molar-refractivity contribution in [3.8, 4) is 17.0 Å².